The van der Waals surface area contributed by atoms with Crippen LogP contribution in [0.5, 0.6) is 0 Å². The number of aromatic carboxylic acids is 1. The third-order valence-corrected chi connectivity index (χ3v) is 1.99. The first-order chi connectivity index (χ1) is 6.91. The van der Waals surface area contributed by atoms with Gasteiger partial charge in [0.05, 0.1) is 11.4 Å². The number of pyridine rings is 1. The van der Waals surface area contributed by atoms with E-state index in [2.05, 4.69) is 10.3 Å². The van der Waals surface area contributed by atoms with Crippen LogP contribution in [0.1, 0.15) is 35.6 Å². The average molecular weight is 208 g/mol. The van der Waals surface area contributed by atoms with Gasteiger partial charge in [-0.1, -0.05) is 0 Å². The van der Waals surface area contributed by atoms with Gasteiger partial charge in [-0.3, -0.25) is 4.98 Å². The van der Waals surface area contributed by atoms with Crippen molar-refractivity contribution in [1.82, 2.24) is 4.98 Å². The number of nitrogens with one attached hydrogen (secondary N) is 1. The number of hydrogen-bond donors (Lipinski definition) is 2. The molecule has 0 saturated heterocycles. The summed E-state index contributed by atoms with van der Waals surface area (Å²) in [6.07, 6.45) is 0. The van der Waals surface area contributed by atoms with E-state index in [0.717, 1.165) is 5.69 Å². The molecule has 0 bridgehead atoms. The van der Waals surface area contributed by atoms with Crippen LogP contribution in [0.3, 0.4) is 0 Å². The Kier molecular flexibility index (Phi) is 3.29. The lowest BCUT2D eigenvalue weighted by Gasteiger charge is -2.14. The average Bonchev–Trinajstić information content (AvgIpc) is 1.99. The molecule has 2 N–H and O–H groups in total. The van der Waals surface area contributed by atoms with E-state index >= 15 is 0 Å². The van der Waals surface area contributed by atoms with Crippen LogP contribution in [0.25, 0.3) is 0 Å². The predicted octanol–water partition coefficient (Wildman–Crippen LogP) is 2.22. The number of anilines is 1. The fourth-order valence-corrected chi connectivity index (χ4v) is 1.52. The highest BCUT2D eigenvalue weighted by atomic mass is 16.4. The van der Waals surface area contributed by atoms with Crippen molar-refractivity contribution < 1.29 is 9.90 Å². The molecule has 0 aromatic carbocycles. The van der Waals surface area contributed by atoms with E-state index in [9.17, 15) is 4.79 Å². The molecule has 0 aliphatic heterocycles. The molecule has 0 aliphatic carbocycles. The Morgan fingerprint density at radius 3 is 2.53 bits per heavy atom. The minimum Gasteiger partial charge on any atom is -0.478 e. The van der Waals surface area contributed by atoms with Gasteiger partial charge in [0.25, 0.3) is 0 Å². The van der Waals surface area contributed by atoms with Gasteiger partial charge in [0.2, 0.25) is 0 Å². The Morgan fingerprint density at radius 2 is 2.07 bits per heavy atom. The number of hydrogen-bond acceptors (Lipinski definition) is 3. The van der Waals surface area contributed by atoms with Crippen molar-refractivity contribution in [3.63, 3.8) is 0 Å². The molecule has 0 atom stereocenters. The summed E-state index contributed by atoms with van der Waals surface area (Å²) in [6.45, 7) is 7.50. The maximum Gasteiger partial charge on any atom is 0.339 e. The van der Waals surface area contributed by atoms with Crippen molar-refractivity contribution in [1.29, 1.82) is 0 Å². The highest BCUT2D eigenvalue weighted by Gasteiger charge is 2.15. The molecule has 15 heavy (non-hydrogen) atoms. The zero-order valence-electron chi connectivity index (χ0n) is 9.46. The molecule has 0 fully saturated rings. The molecule has 4 heteroatoms. The number of aromatic nitrogens is 1. The van der Waals surface area contributed by atoms with Crippen molar-refractivity contribution in [2.24, 2.45) is 0 Å². The Balaban J connectivity index is 3.27. The van der Waals surface area contributed by atoms with Gasteiger partial charge in [-0.15, -0.1) is 0 Å². The topological polar surface area (TPSA) is 62.2 Å². The summed E-state index contributed by atoms with van der Waals surface area (Å²) < 4.78 is 0. The van der Waals surface area contributed by atoms with Gasteiger partial charge >= 0.3 is 5.97 Å². The molecule has 4 nitrogen and oxygen atoms in total. The van der Waals surface area contributed by atoms with Crippen molar-refractivity contribution in [3.05, 3.63) is 23.0 Å². The smallest absolute Gasteiger partial charge is 0.339 e. The second-order valence-electron chi connectivity index (χ2n) is 3.88. The standard InChI is InChI=1S/C11H16N2O2/c1-6(2)12-9-5-7(3)13-8(4)10(9)11(14)15/h5-6H,1-4H3,(H,12,13)(H,14,15). The second-order valence-corrected chi connectivity index (χ2v) is 3.88. The summed E-state index contributed by atoms with van der Waals surface area (Å²) in [5.41, 5.74) is 2.27. The Morgan fingerprint density at radius 1 is 1.47 bits per heavy atom. The minimum atomic E-state index is -0.942. The summed E-state index contributed by atoms with van der Waals surface area (Å²) in [4.78, 5) is 15.2. The van der Waals surface area contributed by atoms with Gasteiger partial charge in [-0.25, -0.2) is 4.79 Å². The fraction of sp³-hybridized carbons (Fsp3) is 0.455. The minimum absolute atomic E-state index is 0.198. The number of nitrogens with zero attached hydrogens (tertiary/aromatic N) is 1. The first kappa shape index (κ1) is 11.5. The van der Waals surface area contributed by atoms with Gasteiger partial charge in [-0.2, -0.15) is 0 Å². The van der Waals surface area contributed by atoms with Gasteiger partial charge in [0.1, 0.15) is 5.56 Å². The number of carboxylic acids is 1. The Hall–Kier alpha value is -1.58. The zero-order chi connectivity index (χ0) is 11.6. The molecule has 0 spiro atoms. The van der Waals surface area contributed by atoms with Gasteiger partial charge < -0.3 is 10.4 Å². The van der Waals surface area contributed by atoms with Crippen LogP contribution in [-0.2, 0) is 0 Å². The molecule has 1 aromatic heterocycles. The normalized spacial score (nSPS) is 10.5. The lowest BCUT2D eigenvalue weighted by atomic mass is 10.1. The Bertz CT molecular complexity index is 386. The lowest BCUT2D eigenvalue weighted by molar-refractivity contribution is 0.0696. The third kappa shape index (κ3) is 2.68. The molecule has 0 saturated carbocycles. The van der Waals surface area contributed by atoms with E-state index in [1.807, 2.05) is 20.8 Å². The monoisotopic (exact) mass is 208 g/mol. The molecular formula is C11H16N2O2. The number of aryl methyl sites for hydroxylation is 2. The molecule has 0 radical (unpaired) electrons. The number of carboxylic acid groups (broad SMARTS) is 1. The maximum atomic E-state index is 11.1. The van der Waals surface area contributed by atoms with E-state index in [4.69, 9.17) is 5.11 Å². The molecule has 1 rings (SSSR count). The van der Waals surface area contributed by atoms with Crippen LogP contribution in [0.4, 0.5) is 5.69 Å². The first-order valence-corrected chi connectivity index (χ1v) is 4.90. The quantitative estimate of drug-likeness (QED) is 0.799. The SMILES string of the molecule is Cc1cc(NC(C)C)c(C(=O)O)c(C)n1. The lowest BCUT2D eigenvalue weighted by Crippen LogP contribution is -2.15. The van der Waals surface area contributed by atoms with Crippen LogP contribution >= 0.6 is 0 Å². The van der Waals surface area contributed by atoms with Gasteiger partial charge in [-0.05, 0) is 33.8 Å². The van der Waals surface area contributed by atoms with Crippen LogP contribution in [0.15, 0.2) is 6.07 Å². The summed E-state index contributed by atoms with van der Waals surface area (Å²) in [7, 11) is 0. The second kappa shape index (κ2) is 4.29. The molecule has 0 amide bonds. The van der Waals surface area contributed by atoms with E-state index in [0.29, 0.717) is 11.4 Å². The van der Waals surface area contributed by atoms with Crippen molar-refractivity contribution >= 4 is 11.7 Å². The van der Waals surface area contributed by atoms with Gasteiger partial charge in [0.15, 0.2) is 0 Å². The van der Waals surface area contributed by atoms with Crippen LogP contribution < -0.4 is 5.32 Å². The summed E-state index contributed by atoms with van der Waals surface area (Å²) in [6, 6.07) is 1.96. The highest BCUT2D eigenvalue weighted by Crippen LogP contribution is 2.20. The molecule has 0 unspecified atom stereocenters. The van der Waals surface area contributed by atoms with Crippen LogP contribution in [-0.4, -0.2) is 22.1 Å². The summed E-state index contributed by atoms with van der Waals surface area (Å²) >= 11 is 0. The Labute approximate surface area is 89.3 Å². The van der Waals surface area contributed by atoms with E-state index in [1.54, 1.807) is 13.0 Å². The van der Waals surface area contributed by atoms with Crippen molar-refractivity contribution in [3.8, 4) is 0 Å². The van der Waals surface area contributed by atoms with Crippen LogP contribution in [0, 0.1) is 13.8 Å². The predicted molar refractivity (Wildman–Crippen MR) is 59.4 cm³/mol. The largest absolute Gasteiger partial charge is 0.478 e. The molecule has 0 aliphatic rings. The van der Waals surface area contributed by atoms with E-state index in [1.165, 1.54) is 0 Å². The van der Waals surface area contributed by atoms with Crippen molar-refractivity contribution in [2.45, 2.75) is 33.7 Å². The fourth-order valence-electron chi connectivity index (χ4n) is 1.52. The summed E-state index contributed by atoms with van der Waals surface area (Å²) in [5.74, 6) is -0.942. The molecule has 82 valence electrons. The van der Waals surface area contributed by atoms with Gasteiger partial charge in [0, 0.05) is 11.7 Å². The van der Waals surface area contributed by atoms with E-state index < -0.39 is 5.97 Å². The van der Waals surface area contributed by atoms with Crippen molar-refractivity contribution in [2.75, 3.05) is 5.32 Å². The molecule has 1 heterocycles. The molecular weight excluding hydrogens is 192 g/mol. The third-order valence-electron chi connectivity index (χ3n) is 1.99. The molecule has 1 aromatic rings. The number of rotatable bonds is 3. The zero-order valence-corrected chi connectivity index (χ0v) is 9.46. The van der Waals surface area contributed by atoms with Crippen LogP contribution in [0.2, 0.25) is 0 Å². The highest BCUT2D eigenvalue weighted by molar-refractivity contribution is 5.95. The number of carbonyl (C=O) groups is 1. The first-order valence-electron chi connectivity index (χ1n) is 4.90. The van der Waals surface area contributed by atoms with E-state index in [-0.39, 0.29) is 11.6 Å². The summed E-state index contributed by atoms with van der Waals surface area (Å²) in [5, 5.41) is 12.2. The maximum absolute atomic E-state index is 11.1.